The Kier molecular flexibility index (Phi) is 4.17. The van der Waals surface area contributed by atoms with Crippen molar-refractivity contribution in [1.29, 1.82) is 0 Å². The van der Waals surface area contributed by atoms with Crippen molar-refractivity contribution in [2.75, 3.05) is 18.0 Å². The highest BCUT2D eigenvalue weighted by molar-refractivity contribution is 7.22. The van der Waals surface area contributed by atoms with Crippen LogP contribution in [0.2, 0.25) is 0 Å². The first-order valence-corrected chi connectivity index (χ1v) is 9.37. The number of anilines is 1. The molecule has 0 aliphatic carbocycles. The number of benzene rings is 1. The minimum atomic E-state index is 0.0528. The van der Waals surface area contributed by atoms with E-state index in [1.54, 1.807) is 18.3 Å². The molecule has 0 radical (unpaired) electrons. The van der Waals surface area contributed by atoms with Gasteiger partial charge in [-0.3, -0.25) is 4.79 Å². The summed E-state index contributed by atoms with van der Waals surface area (Å²) in [6, 6.07) is 10.4. The molecule has 1 saturated heterocycles. The molecule has 1 amide bonds. The standard InChI is InChI=1S/C18H21N5OS/c1-12-16-17(23(21-12)15-6-4-3-5-7-15)20-18(25-16)22-10-8-14(9-11-22)19-13(2)24/h3-7,14H,8-11H2,1-2H3,(H,19,24). The number of hydrogen-bond acceptors (Lipinski definition) is 5. The van der Waals surface area contributed by atoms with Gasteiger partial charge in [0.2, 0.25) is 5.91 Å². The molecule has 7 heteroatoms. The number of carbonyl (C=O) groups is 1. The number of fused-ring (bicyclic) bond motifs is 1. The lowest BCUT2D eigenvalue weighted by Crippen LogP contribution is -2.44. The Morgan fingerprint density at radius 2 is 1.96 bits per heavy atom. The second kappa shape index (κ2) is 6.48. The van der Waals surface area contributed by atoms with Gasteiger partial charge in [-0.25, -0.2) is 4.68 Å². The second-order valence-electron chi connectivity index (χ2n) is 6.44. The van der Waals surface area contributed by atoms with Gasteiger partial charge in [-0.1, -0.05) is 29.5 Å². The monoisotopic (exact) mass is 355 g/mol. The number of aromatic nitrogens is 3. The van der Waals surface area contributed by atoms with Gasteiger partial charge in [0, 0.05) is 26.1 Å². The van der Waals surface area contributed by atoms with E-state index in [4.69, 9.17) is 4.98 Å². The van der Waals surface area contributed by atoms with Crippen LogP contribution in [-0.2, 0) is 4.79 Å². The zero-order valence-corrected chi connectivity index (χ0v) is 15.2. The Bertz CT molecular complexity index is 893. The van der Waals surface area contributed by atoms with E-state index >= 15 is 0 Å². The lowest BCUT2D eigenvalue weighted by molar-refractivity contribution is -0.119. The molecule has 0 spiro atoms. The Morgan fingerprint density at radius 3 is 2.64 bits per heavy atom. The van der Waals surface area contributed by atoms with Gasteiger partial charge in [0.1, 0.15) is 0 Å². The van der Waals surface area contributed by atoms with Crippen LogP contribution < -0.4 is 10.2 Å². The summed E-state index contributed by atoms with van der Waals surface area (Å²) in [5, 5.41) is 8.71. The first kappa shape index (κ1) is 16.1. The minimum Gasteiger partial charge on any atom is -0.353 e. The molecular weight excluding hydrogens is 334 g/mol. The molecule has 3 aromatic rings. The smallest absolute Gasteiger partial charge is 0.217 e. The highest BCUT2D eigenvalue weighted by Gasteiger charge is 2.24. The van der Waals surface area contributed by atoms with Gasteiger partial charge >= 0.3 is 0 Å². The van der Waals surface area contributed by atoms with E-state index in [0.717, 1.165) is 52.8 Å². The molecule has 1 aromatic carbocycles. The van der Waals surface area contributed by atoms with Crippen molar-refractivity contribution in [3.8, 4) is 5.69 Å². The van der Waals surface area contributed by atoms with E-state index < -0.39 is 0 Å². The highest BCUT2D eigenvalue weighted by atomic mass is 32.1. The fourth-order valence-corrected chi connectivity index (χ4v) is 4.35. The van der Waals surface area contributed by atoms with E-state index in [2.05, 4.69) is 15.3 Å². The Balaban J connectivity index is 1.59. The number of carbonyl (C=O) groups excluding carboxylic acids is 1. The van der Waals surface area contributed by atoms with Crippen molar-refractivity contribution < 1.29 is 4.79 Å². The van der Waals surface area contributed by atoms with Crippen LogP contribution in [0.1, 0.15) is 25.5 Å². The molecule has 0 bridgehead atoms. The third-order valence-corrected chi connectivity index (χ3v) is 5.77. The maximum Gasteiger partial charge on any atom is 0.217 e. The number of nitrogens with zero attached hydrogens (tertiary/aromatic N) is 4. The van der Waals surface area contributed by atoms with Crippen LogP contribution in [0.4, 0.5) is 5.13 Å². The summed E-state index contributed by atoms with van der Waals surface area (Å²) in [4.78, 5) is 18.4. The van der Waals surface area contributed by atoms with Crippen molar-refractivity contribution in [2.45, 2.75) is 32.7 Å². The van der Waals surface area contributed by atoms with Crippen molar-refractivity contribution >= 4 is 32.7 Å². The van der Waals surface area contributed by atoms with Gasteiger partial charge in [-0.2, -0.15) is 10.1 Å². The van der Waals surface area contributed by atoms with Crippen LogP contribution in [0.5, 0.6) is 0 Å². The number of aryl methyl sites for hydroxylation is 1. The minimum absolute atomic E-state index is 0.0528. The molecule has 6 nitrogen and oxygen atoms in total. The van der Waals surface area contributed by atoms with Gasteiger partial charge in [0.25, 0.3) is 0 Å². The largest absolute Gasteiger partial charge is 0.353 e. The molecule has 1 aliphatic heterocycles. The lowest BCUT2D eigenvalue weighted by atomic mass is 10.1. The number of para-hydroxylation sites is 1. The van der Waals surface area contributed by atoms with Gasteiger partial charge in [0.15, 0.2) is 10.8 Å². The Hall–Kier alpha value is -2.41. The average Bonchev–Trinajstić information content (AvgIpc) is 3.17. The molecule has 0 atom stereocenters. The highest BCUT2D eigenvalue weighted by Crippen LogP contribution is 2.33. The summed E-state index contributed by atoms with van der Waals surface area (Å²) in [5.41, 5.74) is 2.96. The molecule has 2 aromatic heterocycles. The van der Waals surface area contributed by atoms with Crippen LogP contribution in [-0.4, -0.2) is 39.8 Å². The van der Waals surface area contributed by atoms with E-state index in [-0.39, 0.29) is 11.9 Å². The van der Waals surface area contributed by atoms with Gasteiger partial charge in [0.05, 0.1) is 16.1 Å². The van der Waals surface area contributed by atoms with Gasteiger partial charge in [-0.05, 0) is 31.9 Å². The van der Waals surface area contributed by atoms with Crippen LogP contribution in [0, 0.1) is 6.92 Å². The number of thiazole rings is 1. The van der Waals surface area contributed by atoms with E-state index in [1.165, 1.54) is 0 Å². The average molecular weight is 355 g/mol. The summed E-state index contributed by atoms with van der Waals surface area (Å²) < 4.78 is 3.07. The predicted octanol–water partition coefficient (Wildman–Crippen LogP) is 2.90. The second-order valence-corrected chi connectivity index (χ2v) is 7.42. The normalized spacial score (nSPS) is 15.7. The molecule has 0 saturated carbocycles. The van der Waals surface area contributed by atoms with Gasteiger partial charge in [-0.15, -0.1) is 0 Å². The quantitative estimate of drug-likeness (QED) is 0.785. The summed E-state index contributed by atoms with van der Waals surface area (Å²) in [5.74, 6) is 0.0528. The third kappa shape index (κ3) is 3.11. The molecule has 4 rings (SSSR count). The van der Waals surface area contributed by atoms with Crippen LogP contribution in [0.25, 0.3) is 16.0 Å². The number of rotatable bonds is 3. The number of hydrogen-bond donors (Lipinski definition) is 1. The fraction of sp³-hybridized carbons (Fsp3) is 0.389. The summed E-state index contributed by atoms with van der Waals surface area (Å²) in [6.45, 7) is 5.45. The van der Waals surface area contributed by atoms with Crippen molar-refractivity contribution in [3.05, 3.63) is 36.0 Å². The molecule has 1 aliphatic rings. The summed E-state index contributed by atoms with van der Waals surface area (Å²) >= 11 is 1.71. The molecule has 1 N–H and O–H groups in total. The Morgan fingerprint density at radius 1 is 1.24 bits per heavy atom. The molecule has 25 heavy (non-hydrogen) atoms. The third-order valence-electron chi connectivity index (χ3n) is 4.55. The maximum atomic E-state index is 11.2. The van der Waals surface area contributed by atoms with Crippen molar-refractivity contribution in [1.82, 2.24) is 20.1 Å². The fourth-order valence-electron chi connectivity index (χ4n) is 3.31. The molecule has 3 heterocycles. The maximum absolute atomic E-state index is 11.2. The summed E-state index contributed by atoms with van der Waals surface area (Å²) in [7, 11) is 0. The zero-order chi connectivity index (χ0) is 17.4. The SMILES string of the molecule is CC(=O)NC1CCN(c2nc3c(s2)c(C)nn3-c2ccccc2)CC1. The van der Waals surface area contributed by atoms with Crippen LogP contribution in [0.3, 0.4) is 0 Å². The number of amides is 1. The molecule has 1 fully saturated rings. The lowest BCUT2D eigenvalue weighted by Gasteiger charge is -2.31. The number of piperidine rings is 1. The molecule has 130 valence electrons. The van der Waals surface area contributed by atoms with Crippen LogP contribution >= 0.6 is 11.3 Å². The predicted molar refractivity (Wildman–Crippen MR) is 101 cm³/mol. The van der Waals surface area contributed by atoms with E-state index in [9.17, 15) is 4.79 Å². The molecule has 0 unspecified atom stereocenters. The Labute approximate surface area is 150 Å². The topological polar surface area (TPSA) is 63.1 Å². The van der Waals surface area contributed by atoms with Crippen LogP contribution in [0.15, 0.2) is 30.3 Å². The number of nitrogens with one attached hydrogen (secondary N) is 1. The first-order chi connectivity index (χ1) is 12.1. The van der Waals surface area contributed by atoms with Crippen molar-refractivity contribution in [2.24, 2.45) is 0 Å². The summed E-state index contributed by atoms with van der Waals surface area (Å²) in [6.07, 6.45) is 1.92. The van der Waals surface area contributed by atoms with E-state index in [1.807, 2.05) is 41.9 Å². The zero-order valence-electron chi connectivity index (χ0n) is 14.4. The van der Waals surface area contributed by atoms with Crippen molar-refractivity contribution in [3.63, 3.8) is 0 Å². The molecular formula is C18H21N5OS. The first-order valence-electron chi connectivity index (χ1n) is 8.55. The van der Waals surface area contributed by atoms with Gasteiger partial charge < -0.3 is 10.2 Å². The van der Waals surface area contributed by atoms with E-state index in [0.29, 0.717) is 0 Å².